The van der Waals surface area contributed by atoms with E-state index in [0.29, 0.717) is 18.3 Å². The van der Waals surface area contributed by atoms with Gasteiger partial charge in [0.2, 0.25) is 11.8 Å². The van der Waals surface area contributed by atoms with Gasteiger partial charge in [-0.05, 0) is 48.0 Å². The number of methoxy groups -OCH3 is 2. The summed E-state index contributed by atoms with van der Waals surface area (Å²) in [5.41, 5.74) is 2.52. The van der Waals surface area contributed by atoms with Crippen molar-refractivity contribution in [1.29, 1.82) is 0 Å². The molecule has 0 amide bonds. The van der Waals surface area contributed by atoms with Gasteiger partial charge in [0.1, 0.15) is 23.4 Å². The Morgan fingerprint density at radius 1 is 0.935 bits per heavy atom. The molecule has 0 aliphatic rings. The molecule has 0 fully saturated rings. The third kappa shape index (κ3) is 4.73. The van der Waals surface area contributed by atoms with Crippen molar-refractivity contribution in [1.82, 2.24) is 15.5 Å². The molecule has 1 heterocycles. The molecule has 4 rings (SSSR count). The lowest BCUT2D eigenvalue weighted by molar-refractivity contribution is 0.392. The molecule has 0 radical (unpaired) electrons. The molecular formula is C24H22FN3O3. The van der Waals surface area contributed by atoms with Gasteiger partial charge in [0, 0.05) is 17.7 Å². The standard InChI is InChI=1S/C24H22FN3O3/c1-29-20-12-13-21(30-2)18(14-20)15-26-22(16-8-10-19(25)11-9-16)24-28-27-23(31-24)17-6-4-3-5-7-17/h3-14,22,26H,15H2,1-2H3. The van der Waals surface area contributed by atoms with Crippen LogP contribution in [-0.4, -0.2) is 24.4 Å². The van der Waals surface area contributed by atoms with Crippen LogP contribution in [0.5, 0.6) is 11.5 Å². The summed E-state index contributed by atoms with van der Waals surface area (Å²) in [4.78, 5) is 0. The summed E-state index contributed by atoms with van der Waals surface area (Å²) in [7, 11) is 3.23. The predicted molar refractivity (Wildman–Crippen MR) is 114 cm³/mol. The number of nitrogens with zero attached hydrogens (tertiary/aromatic N) is 2. The van der Waals surface area contributed by atoms with Crippen molar-refractivity contribution in [3.05, 3.63) is 95.6 Å². The van der Waals surface area contributed by atoms with Crippen molar-refractivity contribution in [2.75, 3.05) is 14.2 Å². The van der Waals surface area contributed by atoms with Gasteiger partial charge in [0.25, 0.3) is 0 Å². The maximum Gasteiger partial charge on any atom is 0.247 e. The van der Waals surface area contributed by atoms with Gasteiger partial charge in [-0.25, -0.2) is 4.39 Å². The van der Waals surface area contributed by atoms with E-state index in [1.807, 2.05) is 48.5 Å². The lowest BCUT2D eigenvalue weighted by Gasteiger charge is -2.17. The number of benzene rings is 3. The van der Waals surface area contributed by atoms with Crippen LogP contribution in [0.3, 0.4) is 0 Å². The van der Waals surface area contributed by atoms with Crippen molar-refractivity contribution in [3.8, 4) is 23.0 Å². The summed E-state index contributed by atoms with van der Waals surface area (Å²) in [5, 5.41) is 11.9. The normalized spacial score (nSPS) is 11.8. The van der Waals surface area contributed by atoms with E-state index in [1.165, 1.54) is 12.1 Å². The lowest BCUT2D eigenvalue weighted by atomic mass is 10.1. The minimum absolute atomic E-state index is 0.313. The largest absolute Gasteiger partial charge is 0.497 e. The molecule has 158 valence electrons. The van der Waals surface area contributed by atoms with E-state index in [-0.39, 0.29) is 5.82 Å². The van der Waals surface area contributed by atoms with E-state index in [1.54, 1.807) is 26.4 Å². The number of nitrogens with one attached hydrogen (secondary N) is 1. The zero-order valence-corrected chi connectivity index (χ0v) is 17.2. The van der Waals surface area contributed by atoms with Crippen molar-refractivity contribution < 1.29 is 18.3 Å². The first-order valence-electron chi connectivity index (χ1n) is 9.76. The molecule has 0 saturated heterocycles. The average molecular weight is 419 g/mol. The number of ether oxygens (including phenoxy) is 2. The van der Waals surface area contributed by atoms with Crippen LogP contribution in [0.4, 0.5) is 4.39 Å². The topological polar surface area (TPSA) is 69.4 Å². The van der Waals surface area contributed by atoms with Crippen LogP contribution in [0.25, 0.3) is 11.5 Å². The van der Waals surface area contributed by atoms with E-state index >= 15 is 0 Å². The Kier molecular flexibility index (Phi) is 6.24. The second-order valence-corrected chi connectivity index (χ2v) is 6.85. The molecule has 0 aliphatic carbocycles. The van der Waals surface area contributed by atoms with E-state index in [2.05, 4.69) is 15.5 Å². The predicted octanol–water partition coefficient (Wildman–Crippen LogP) is 4.77. The van der Waals surface area contributed by atoms with E-state index < -0.39 is 6.04 Å². The number of rotatable bonds is 8. The Bertz CT molecular complexity index is 1130. The van der Waals surface area contributed by atoms with Crippen LogP contribution < -0.4 is 14.8 Å². The van der Waals surface area contributed by atoms with Crippen molar-refractivity contribution in [2.45, 2.75) is 12.6 Å². The summed E-state index contributed by atoms with van der Waals surface area (Å²) < 4.78 is 30.3. The highest BCUT2D eigenvalue weighted by Gasteiger charge is 2.22. The van der Waals surface area contributed by atoms with Gasteiger partial charge < -0.3 is 13.9 Å². The fraction of sp³-hybridized carbons (Fsp3) is 0.167. The molecule has 0 spiro atoms. The van der Waals surface area contributed by atoms with Crippen LogP contribution in [0.15, 0.2) is 77.2 Å². The van der Waals surface area contributed by atoms with Gasteiger partial charge in [-0.1, -0.05) is 30.3 Å². The Hall–Kier alpha value is -3.71. The molecule has 7 heteroatoms. The summed E-state index contributed by atoms with van der Waals surface area (Å²) in [5.74, 6) is 1.94. The SMILES string of the molecule is COc1ccc(OC)c(CNC(c2ccc(F)cc2)c2nnc(-c3ccccc3)o2)c1. The molecule has 0 bridgehead atoms. The minimum atomic E-state index is -0.443. The quantitative estimate of drug-likeness (QED) is 0.444. The summed E-state index contributed by atoms with van der Waals surface area (Å²) >= 11 is 0. The zero-order valence-electron chi connectivity index (χ0n) is 17.2. The first kappa shape index (κ1) is 20.6. The van der Waals surface area contributed by atoms with Gasteiger partial charge in [0.15, 0.2) is 0 Å². The summed E-state index contributed by atoms with van der Waals surface area (Å²) in [6.07, 6.45) is 0. The Morgan fingerprint density at radius 3 is 2.42 bits per heavy atom. The number of hydrogen-bond acceptors (Lipinski definition) is 6. The van der Waals surface area contributed by atoms with Gasteiger partial charge in [-0.3, -0.25) is 5.32 Å². The zero-order chi connectivity index (χ0) is 21.6. The molecule has 6 nitrogen and oxygen atoms in total. The number of halogens is 1. The van der Waals surface area contributed by atoms with Gasteiger partial charge in [-0.15, -0.1) is 10.2 Å². The fourth-order valence-electron chi connectivity index (χ4n) is 3.28. The molecule has 4 aromatic rings. The fourth-order valence-corrected chi connectivity index (χ4v) is 3.28. The van der Waals surface area contributed by atoms with Gasteiger partial charge in [-0.2, -0.15) is 0 Å². The first-order valence-corrected chi connectivity index (χ1v) is 9.76. The van der Waals surface area contributed by atoms with Crippen molar-refractivity contribution in [2.24, 2.45) is 0 Å². The number of aromatic nitrogens is 2. The Labute approximate surface area is 179 Å². The average Bonchev–Trinajstić information content (AvgIpc) is 3.31. The van der Waals surface area contributed by atoms with Crippen LogP contribution in [0.2, 0.25) is 0 Å². The minimum Gasteiger partial charge on any atom is -0.497 e. The number of hydrogen-bond donors (Lipinski definition) is 1. The second kappa shape index (κ2) is 9.40. The van der Waals surface area contributed by atoms with Gasteiger partial charge >= 0.3 is 0 Å². The molecule has 3 aromatic carbocycles. The van der Waals surface area contributed by atoms with E-state index in [4.69, 9.17) is 13.9 Å². The van der Waals surface area contributed by atoms with Crippen LogP contribution in [0.1, 0.15) is 23.1 Å². The molecule has 31 heavy (non-hydrogen) atoms. The third-order valence-electron chi connectivity index (χ3n) is 4.90. The Morgan fingerprint density at radius 2 is 1.71 bits per heavy atom. The highest BCUT2D eigenvalue weighted by molar-refractivity contribution is 5.52. The van der Waals surface area contributed by atoms with Gasteiger partial charge in [0.05, 0.1) is 14.2 Å². The molecule has 1 unspecified atom stereocenters. The Balaban J connectivity index is 1.65. The maximum atomic E-state index is 13.5. The molecular weight excluding hydrogens is 397 g/mol. The maximum absolute atomic E-state index is 13.5. The highest BCUT2D eigenvalue weighted by atomic mass is 19.1. The molecule has 0 aliphatic heterocycles. The monoisotopic (exact) mass is 419 g/mol. The molecule has 1 aromatic heterocycles. The van der Waals surface area contributed by atoms with E-state index in [0.717, 1.165) is 28.2 Å². The van der Waals surface area contributed by atoms with Crippen LogP contribution in [-0.2, 0) is 6.54 Å². The van der Waals surface area contributed by atoms with Crippen molar-refractivity contribution >= 4 is 0 Å². The summed E-state index contributed by atoms with van der Waals surface area (Å²) in [6.45, 7) is 0.436. The van der Waals surface area contributed by atoms with Crippen LogP contribution in [0, 0.1) is 5.82 Å². The summed E-state index contributed by atoms with van der Waals surface area (Å²) in [6, 6.07) is 20.9. The van der Waals surface area contributed by atoms with E-state index in [9.17, 15) is 4.39 Å². The van der Waals surface area contributed by atoms with Crippen LogP contribution >= 0.6 is 0 Å². The first-order chi connectivity index (χ1) is 15.2. The molecule has 1 N–H and O–H groups in total. The molecule has 1 atom stereocenters. The highest BCUT2D eigenvalue weighted by Crippen LogP contribution is 2.28. The lowest BCUT2D eigenvalue weighted by Crippen LogP contribution is -2.22. The molecule has 0 saturated carbocycles. The smallest absolute Gasteiger partial charge is 0.247 e. The second-order valence-electron chi connectivity index (χ2n) is 6.85. The van der Waals surface area contributed by atoms with Crippen molar-refractivity contribution in [3.63, 3.8) is 0 Å². The third-order valence-corrected chi connectivity index (χ3v) is 4.90.